The molecule has 2 amide bonds. The Morgan fingerprint density at radius 3 is 2.57 bits per heavy atom. The number of anilines is 1. The largest absolute Gasteiger partial charge is 0.416 e. The molecular weight excluding hydrogens is 427 g/mol. The maximum atomic E-state index is 13.2. The molecule has 3 rings (SSSR count). The van der Waals surface area contributed by atoms with Crippen molar-refractivity contribution >= 4 is 34.8 Å². The number of alkyl halides is 3. The van der Waals surface area contributed by atoms with Gasteiger partial charge in [-0.2, -0.15) is 13.2 Å². The van der Waals surface area contributed by atoms with Crippen molar-refractivity contribution in [1.82, 2.24) is 4.90 Å². The number of rotatable bonds is 5. The van der Waals surface area contributed by atoms with Gasteiger partial charge in [-0.3, -0.25) is 24.6 Å². The molecule has 0 spiro atoms. The van der Waals surface area contributed by atoms with Crippen LogP contribution in [0.5, 0.6) is 0 Å². The van der Waals surface area contributed by atoms with Gasteiger partial charge >= 0.3 is 6.18 Å². The van der Waals surface area contributed by atoms with Crippen molar-refractivity contribution < 1.29 is 27.7 Å². The van der Waals surface area contributed by atoms with Crippen molar-refractivity contribution in [3.63, 3.8) is 0 Å². The molecule has 7 nitrogen and oxygen atoms in total. The fourth-order valence-corrected chi connectivity index (χ4v) is 3.29. The van der Waals surface area contributed by atoms with Crippen LogP contribution in [0.1, 0.15) is 28.8 Å². The predicted octanol–water partition coefficient (Wildman–Crippen LogP) is 4.49. The standard InChI is InChI=1S/C19H15ClF3N3O4/c20-13-6-7-16(26(29)30)15(10-13)18(28)25(11-24-8-2-5-17(24)27)14-4-1-3-12(9-14)19(21,22)23/h1,3-4,6-7,9-10H,2,5,8,11H2. The third-order valence-corrected chi connectivity index (χ3v) is 4.83. The minimum Gasteiger partial charge on any atom is -0.324 e. The molecule has 30 heavy (non-hydrogen) atoms. The average molecular weight is 442 g/mol. The first-order chi connectivity index (χ1) is 14.1. The Morgan fingerprint density at radius 1 is 1.23 bits per heavy atom. The van der Waals surface area contributed by atoms with E-state index in [0.717, 1.165) is 35.2 Å². The van der Waals surface area contributed by atoms with Gasteiger partial charge in [0.05, 0.1) is 10.5 Å². The lowest BCUT2D eigenvalue weighted by Crippen LogP contribution is -2.42. The molecular formula is C19H15ClF3N3O4. The zero-order valence-electron chi connectivity index (χ0n) is 15.4. The maximum absolute atomic E-state index is 13.2. The van der Waals surface area contributed by atoms with E-state index < -0.39 is 33.8 Å². The summed E-state index contributed by atoms with van der Waals surface area (Å²) in [5, 5.41) is 11.4. The zero-order valence-corrected chi connectivity index (χ0v) is 16.1. The number of likely N-dealkylation sites (tertiary alicyclic amines) is 1. The number of hydrogen-bond acceptors (Lipinski definition) is 4. The molecule has 0 radical (unpaired) electrons. The molecule has 0 aromatic heterocycles. The number of hydrogen-bond donors (Lipinski definition) is 0. The number of carbonyl (C=O) groups is 2. The lowest BCUT2D eigenvalue weighted by atomic mass is 10.1. The smallest absolute Gasteiger partial charge is 0.324 e. The highest BCUT2D eigenvalue weighted by molar-refractivity contribution is 6.31. The number of nitro benzene ring substituents is 1. The molecule has 11 heteroatoms. The van der Waals surface area contributed by atoms with Crippen LogP contribution in [0, 0.1) is 10.1 Å². The second kappa shape index (κ2) is 8.31. The summed E-state index contributed by atoms with van der Waals surface area (Å²) in [5.74, 6) is -1.21. The molecule has 0 N–H and O–H groups in total. The van der Waals surface area contributed by atoms with Crippen LogP contribution in [-0.4, -0.2) is 34.9 Å². The molecule has 0 bridgehead atoms. The highest BCUT2D eigenvalue weighted by Crippen LogP contribution is 2.33. The normalized spacial score (nSPS) is 14.1. The van der Waals surface area contributed by atoms with Gasteiger partial charge in [-0.25, -0.2) is 0 Å². The molecule has 2 aromatic rings. The first-order valence-electron chi connectivity index (χ1n) is 8.79. The lowest BCUT2D eigenvalue weighted by Gasteiger charge is -2.28. The van der Waals surface area contributed by atoms with Crippen LogP contribution in [0.3, 0.4) is 0 Å². The summed E-state index contributed by atoms with van der Waals surface area (Å²) in [6.45, 7) is -0.0259. The summed E-state index contributed by atoms with van der Waals surface area (Å²) in [4.78, 5) is 38.1. The van der Waals surface area contributed by atoms with Crippen molar-refractivity contribution in [3.8, 4) is 0 Å². The number of carbonyl (C=O) groups excluding carboxylic acids is 2. The van der Waals surface area contributed by atoms with Crippen molar-refractivity contribution in [2.45, 2.75) is 19.0 Å². The van der Waals surface area contributed by atoms with E-state index in [1.165, 1.54) is 17.0 Å². The SMILES string of the molecule is O=C1CCCN1CN(C(=O)c1cc(Cl)ccc1[N+](=O)[O-])c1cccc(C(F)(F)F)c1. The highest BCUT2D eigenvalue weighted by atomic mass is 35.5. The molecule has 0 unspecified atom stereocenters. The third-order valence-electron chi connectivity index (χ3n) is 4.60. The molecule has 1 heterocycles. The summed E-state index contributed by atoms with van der Waals surface area (Å²) < 4.78 is 39.5. The van der Waals surface area contributed by atoms with Crippen molar-refractivity contribution in [3.05, 3.63) is 68.7 Å². The minimum absolute atomic E-state index is 0.0465. The Bertz CT molecular complexity index is 1010. The quantitative estimate of drug-likeness (QED) is 0.505. The summed E-state index contributed by atoms with van der Waals surface area (Å²) >= 11 is 5.89. The molecule has 1 aliphatic rings. The van der Waals surface area contributed by atoms with E-state index in [1.54, 1.807) is 0 Å². The van der Waals surface area contributed by atoms with Gasteiger partial charge in [-0.05, 0) is 36.8 Å². The van der Waals surface area contributed by atoms with E-state index in [4.69, 9.17) is 11.6 Å². The number of halogens is 4. The van der Waals surface area contributed by atoms with Gasteiger partial charge in [-0.15, -0.1) is 0 Å². The first kappa shape index (κ1) is 21.6. The third kappa shape index (κ3) is 4.54. The number of nitro groups is 1. The molecule has 1 fully saturated rings. The molecule has 0 atom stereocenters. The zero-order chi connectivity index (χ0) is 22.1. The molecule has 0 saturated carbocycles. The Kier molecular flexibility index (Phi) is 5.97. The average Bonchev–Trinajstić information content (AvgIpc) is 3.09. The van der Waals surface area contributed by atoms with Gasteiger partial charge in [-0.1, -0.05) is 17.7 Å². The van der Waals surface area contributed by atoms with E-state index in [9.17, 15) is 32.9 Å². The van der Waals surface area contributed by atoms with E-state index in [-0.39, 0.29) is 29.7 Å². The van der Waals surface area contributed by atoms with Crippen LogP contribution < -0.4 is 4.90 Å². The van der Waals surface area contributed by atoms with Crippen LogP contribution in [0.2, 0.25) is 5.02 Å². The van der Waals surface area contributed by atoms with Gasteiger partial charge in [0.2, 0.25) is 5.91 Å². The number of nitrogens with zero attached hydrogens (tertiary/aromatic N) is 3. The summed E-state index contributed by atoms with van der Waals surface area (Å²) in [6, 6.07) is 7.34. The number of amides is 2. The van der Waals surface area contributed by atoms with E-state index >= 15 is 0 Å². The van der Waals surface area contributed by atoms with Gasteiger partial charge in [0.15, 0.2) is 0 Å². The van der Waals surface area contributed by atoms with E-state index in [1.807, 2.05) is 0 Å². The summed E-state index contributed by atoms with van der Waals surface area (Å²) in [5.41, 5.74) is -2.08. The Hall–Kier alpha value is -3.14. The van der Waals surface area contributed by atoms with Crippen molar-refractivity contribution in [2.24, 2.45) is 0 Å². The van der Waals surface area contributed by atoms with E-state index in [2.05, 4.69) is 0 Å². The molecule has 0 aliphatic carbocycles. The van der Waals surface area contributed by atoms with Crippen LogP contribution in [-0.2, 0) is 11.0 Å². The van der Waals surface area contributed by atoms with Gasteiger partial charge in [0, 0.05) is 29.7 Å². The van der Waals surface area contributed by atoms with Crippen molar-refractivity contribution in [2.75, 3.05) is 18.1 Å². The maximum Gasteiger partial charge on any atom is 0.416 e. The molecule has 2 aromatic carbocycles. The highest BCUT2D eigenvalue weighted by Gasteiger charge is 2.34. The van der Waals surface area contributed by atoms with Crippen LogP contribution in [0.25, 0.3) is 0 Å². The van der Waals surface area contributed by atoms with Gasteiger partial charge in [0.25, 0.3) is 11.6 Å². The summed E-state index contributed by atoms with van der Waals surface area (Å²) in [6.07, 6.45) is -3.86. The van der Waals surface area contributed by atoms with Crippen molar-refractivity contribution in [1.29, 1.82) is 0 Å². The Balaban J connectivity index is 2.09. The minimum atomic E-state index is -4.66. The molecule has 1 saturated heterocycles. The van der Waals surface area contributed by atoms with Gasteiger partial charge in [0.1, 0.15) is 12.2 Å². The van der Waals surface area contributed by atoms with Crippen LogP contribution in [0.4, 0.5) is 24.5 Å². The summed E-state index contributed by atoms with van der Waals surface area (Å²) in [7, 11) is 0. The first-order valence-corrected chi connectivity index (χ1v) is 9.16. The van der Waals surface area contributed by atoms with Crippen LogP contribution >= 0.6 is 11.6 Å². The Morgan fingerprint density at radius 2 is 1.97 bits per heavy atom. The fraction of sp³-hybridized carbons (Fsp3) is 0.263. The second-order valence-corrected chi connectivity index (χ2v) is 7.04. The fourth-order valence-electron chi connectivity index (χ4n) is 3.12. The predicted molar refractivity (Wildman–Crippen MR) is 102 cm³/mol. The molecule has 1 aliphatic heterocycles. The lowest BCUT2D eigenvalue weighted by molar-refractivity contribution is -0.385. The second-order valence-electron chi connectivity index (χ2n) is 6.60. The monoisotopic (exact) mass is 441 g/mol. The van der Waals surface area contributed by atoms with Crippen LogP contribution in [0.15, 0.2) is 42.5 Å². The van der Waals surface area contributed by atoms with Gasteiger partial charge < -0.3 is 4.90 Å². The Labute approximate surface area is 173 Å². The number of benzene rings is 2. The van der Waals surface area contributed by atoms with E-state index in [0.29, 0.717) is 13.0 Å². The molecule has 158 valence electrons. The topological polar surface area (TPSA) is 83.8 Å².